The predicted octanol–water partition coefficient (Wildman–Crippen LogP) is 1.17. The van der Waals surface area contributed by atoms with E-state index in [1.807, 2.05) is 6.92 Å². The average Bonchev–Trinajstić information content (AvgIpc) is 2.49. The van der Waals surface area contributed by atoms with Crippen molar-refractivity contribution in [3.05, 3.63) is 12.2 Å². The minimum Gasteiger partial charge on any atom is -0.289 e. The number of rotatable bonds is 3. The molecule has 0 N–H and O–H groups in total. The molecule has 1 aromatic heterocycles. The van der Waals surface area contributed by atoms with Gasteiger partial charge in [-0.25, -0.2) is 4.98 Å². The molecule has 12 heavy (non-hydrogen) atoms. The van der Waals surface area contributed by atoms with Gasteiger partial charge in [-0.05, 0) is 6.42 Å². The monoisotopic (exact) mass is 231 g/mol. The van der Waals surface area contributed by atoms with E-state index in [1.165, 1.54) is 11.0 Å². The number of halogens is 1. The number of aryl methyl sites for hydroxylation is 1. The van der Waals surface area contributed by atoms with E-state index in [0.29, 0.717) is 0 Å². The average molecular weight is 232 g/mol. The summed E-state index contributed by atoms with van der Waals surface area (Å²) in [6.07, 6.45) is 2.26. The van der Waals surface area contributed by atoms with Crippen molar-refractivity contribution in [3.63, 3.8) is 0 Å². The molecule has 1 unspecified atom stereocenters. The molecule has 5 heteroatoms. The zero-order valence-electron chi connectivity index (χ0n) is 6.99. The minimum atomic E-state index is -0.167. The Bertz CT molecular complexity index is 284. The van der Waals surface area contributed by atoms with Crippen LogP contribution in [0.3, 0.4) is 0 Å². The van der Waals surface area contributed by atoms with Crippen molar-refractivity contribution in [2.75, 3.05) is 0 Å². The summed E-state index contributed by atoms with van der Waals surface area (Å²) < 4.78 is 1.52. The van der Waals surface area contributed by atoms with Crippen molar-refractivity contribution in [1.29, 1.82) is 0 Å². The Kier molecular flexibility index (Phi) is 2.97. The number of carbonyl (C=O) groups is 1. The van der Waals surface area contributed by atoms with Gasteiger partial charge in [0.25, 0.3) is 0 Å². The Labute approximate surface area is 79.1 Å². The lowest BCUT2D eigenvalue weighted by Gasteiger charge is -1.99. The van der Waals surface area contributed by atoms with Crippen molar-refractivity contribution in [1.82, 2.24) is 14.8 Å². The van der Waals surface area contributed by atoms with Gasteiger partial charge >= 0.3 is 0 Å². The van der Waals surface area contributed by atoms with Crippen LogP contribution in [-0.4, -0.2) is 25.4 Å². The van der Waals surface area contributed by atoms with Crippen molar-refractivity contribution >= 4 is 21.7 Å². The van der Waals surface area contributed by atoms with Crippen molar-refractivity contribution < 1.29 is 4.79 Å². The van der Waals surface area contributed by atoms with E-state index in [2.05, 4.69) is 26.0 Å². The first-order chi connectivity index (χ1) is 5.65. The molecule has 1 rings (SSSR count). The van der Waals surface area contributed by atoms with Crippen LogP contribution in [0.15, 0.2) is 6.33 Å². The number of hydrogen-bond donors (Lipinski definition) is 0. The van der Waals surface area contributed by atoms with Gasteiger partial charge < -0.3 is 0 Å². The number of hydrogen-bond acceptors (Lipinski definition) is 3. The molecule has 1 atom stereocenters. The minimum absolute atomic E-state index is 0.0573. The fourth-order valence-corrected chi connectivity index (χ4v) is 0.982. The van der Waals surface area contributed by atoms with E-state index in [-0.39, 0.29) is 16.4 Å². The van der Waals surface area contributed by atoms with Crippen molar-refractivity contribution in [2.45, 2.75) is 18.2 Å². The molecule has 0 aliphatic rings. The van der Waals surface area contributed by atoms with E-state index < -0.39 is 0 Å². The largest absolute Gasteiger partial charge is 0.289 e. The maximum atomic E-state index is 11.4. The molecule has 0 spiro atoms. The third kappa shape index (κ3) is 1.91. The molecule has 0 saturated heterocycles. The third-order valence-electron chi connectivity index (χ3n) is 1.46. The van der Waals surface area contributed by atoms with Crippen LogP contribution in [0.1, 0.15) is 24.0 Å². The summed E-state index contributed by atoms with van der Waals surface area (Å²) in [4.78, 5) is 15.1. The first-order valence-electron chi connectivity index (χ1n) is 3.69. The fraction of sp³-hybridized carbons (Fsp3) is 0.571. The standard InChI is InChI=1S/C7H10BrN3O/c1-3-5(8)6(12)7-9-4-11(2)10-7/h4-5H,3H2,1-2H3. The molecule has 0 radical (unpaired) electrons. The lowest BCUT2D eigenvalue weighted by atomic mass is 10.2. The summed E-state index contributed by atoms with van der Waals surface area (Å²) in [6.45, 7) is 1.93. The highest BCUT2D eigenvalue weighted by Gasteiger charge is 2.18. The maximum absolute atomic E-state index is 11.4. The first kappa shape index (κ1) is 9.38. The lowest BCUT2D eigenvalue weighted by molar-refractivity contribution is 0.0980. The summed E-state index contributed by atoms with van der Waals surface area (Å²) in [6, 6.07) is 0. The van der Waals surface area contributed by atoms with Gasteiger partial charge in [-0.1, -0.05) is 22.9 Å². The van der Waals surface area contributed by atoms with Crippen LogP contribution in [-0.2, 0) is 7.05 Å². The quantitative estimate of drug-likeness (QED) is 0.580. The van der Waals surface area contributed by atoms with Crippen LogP contribution in [0.25, 0.3) is 0 Å². The molecule has 0 aliphatic heterocycles. The van der Waals surface area contributed by atoms with Gasteiger partial charge in [-0.2, -0.15) is 0 Å². The fourth-order valence-electron chi connectivity index (χ4n) is 0.778. The second kappa shape index (κ2) is 3.80. The summed E-state index contributed by atoms with van der Waals surface area (Å²) in [5.41, 5.74) is 0. The van der Waals surface area contributed by atoms with E-state index in [0.717, 1.165) is 6.42 Å². The summed E-state index contributed by atoms with van der Waals surface area (Å²) in [7, 11) is 1.74. The second-order valence-corrected chi connectivity index (χ2v) is 3.59. The van der Waals surface area contributed by atoms with Crippen molar-refractivity contribution in [3.8, 4) is 0 Å². The van der Waals surface area contributed by atoms with Gasteiger partial charge in [0.1, 0.15) is 6.33 Å². The van der Waals surface area contributed by atoms with E-state index in [1.54, 1.807) is 7.05 Å². The van der Waals surface area contributed by atoms with Gasteiger partial charge in [-0.15, -0.1) is 5.10 Å². The second-order valence-electron chi connectivity index (χ2n) is 2.48. The van der Waals surface area contributed by atoms with Crippen molar-refractivity contribution in [2.24, 2.45) is 7.05 Å². The van der Waals surface area contributed by atoms with Crippen LogP contribution >= 0.6 is 15.9 Å². The first-order valence-corrected chi connectivity index (χ1v) is 4.60. The van der Waals surface area contributed by atoms with Crippen LogP contribution in [0.2, 0.25) is 0 Å². The number of nitrogens with zero attached hydrogens (tertiary/aromatic N) is 3. The molecule has 0 aliphatic carbocycles. The highest BCUT2D eigenvalue weighted by Crippen LogP contribution is 2.09. The smallest absolute Gasteiger partial charge is 0.218 e. The molecule has 0 amide bonds. The summed E-state index contributed by atoms with van der Waals surface area (Å²) >= 11 is 3.25. The lowest BCUT2D eigenvalue weighted by Crippen LogP contribution is -2.15. The third-order valence-corrected chi connectivity index (χ3v) is 2.53. The Morgan fingerprint density at radius 1 is 1.83 bits per heavy atom. The number of aromatic nitrogens is 3. The molecule has 0 saturated carbocycles. The van der Waals surface area contributed by atoms with E-state index >= 15 is 0 Å². The van der Waals surface area contributed by atoms with Gasteiger partial charge in [0.05, 0.1) is 4.83 Å². The number of carbonyl (C=O) groups excluding carboxylic acids is 1. The predicted molar refractivity (Wildman–Crippen MR) is 48.3 cm³/mol. The molecule has 66 valence electrons. The van der Waals surface area contributed by atoms with E-state index in [9.17, 15) is 4.79 Å². The highest BCUT2D eigenvalue weighted by molar-refractivity contribution is 9.10. The topological polar surface area (TPSA) is 47.8 Å². The van der Waals surface area contributed by atoms with Gasteiger partial charge in [0, 0.05) is 7.05 Å². The highest BCUT2D eigenvalue weighted by atomic mass is 79.9. The molecule has 4 nitrogen and oxygen atoms in total. The van der Waals surface area contributed by atoms with Gasteiger partial charge in [-0.3, -0.25) is 9.48 Å². The van der Waals surface area contributed by atoms with Gasteiger partial charge in [0.15, 0.2) is 0 Å². The summed E-state index contributed by atoms with van der Waals surface area (Å²) in [5, 5.41) is 3.91. The Hall–Kier alpha value is -0.710. The number of alkyl halides is 1. The maximum Gasteiger partial charge on any atom is 0.218 e. The Morgan fingerprint density at radius 3 is 2.92 bits per heavy atom. The number of Topliss-reactive ketones (excluding diaryl/α,β-unsaturated/α-hetero) is 1. The van der Waals surface area contributed by atoms with Crippen LogP contribution in [0, 0.1) is 0 Å². The molecular weight excluding hydrogens is 222 g/mol. The molecular formula is C7H10BrN3O. The SMILES string of the molecule is CCC(Br)C(=O)c1ncn(C)n1. The zero-order valence-corrected chi connectivity index (χ0v) is 8.58. The normalized spacial score (nSPS) is 12.9. The van der Waals surface area contributed by atoms with Gasteiger partial charge in [0.2, 0.25) is 11.6 Å². The van der Waals surface area contributed by atoms with E-state index in [4.69, 9.17) is 0 Å². The molecule has 1 heterocycles. The Balaban J connectivity index is 2.78. The summed E-state index contributed by atoms with van der Waals surface area (Å²) in [5.74, 6) is 0.222. The zero-order chi connectivity index (χ0) is 9.14. The number of ketones is 1. The molecule has 0 bridgehead atoms. The molecule has 0 fully saturated rings. The van der Waals surface area contributed by atoms with Crippen LogP contribution < -0.4 is 0 Å². The van der Waals surface area contributed by atoms with Crippen LogP contribution in [0.5, 0.6) is 0 Å². The molecule has 0 aromatic carbocycles. The molecule has 1 aromatic rings. The van der Waals surface area contributed by atoms with Crippen LogP contribution in [0.4, 0.5) is 0 Å². The Morgan fingerprint density at radius 2 is 2.50 bits per heavy atom.